The van der Waals surface area contributed by atoms with Gasteiger partial charge in [0.05, 0.1) is 5.69 Å². The van der Waals surface area contributed by atoms with E-state index < -0.39 is 0 Å². The molecule has 0 saturated carbocycles. The smallest absolute Gasteiger partial charge is 0.0563 e. The summed E-state index contributed by atoms with van der Waals surface area (Å²) in [5.74, 6) is 0. The first-order chi connectivity index (χ1) is 6.26. The molecule has 0 aromatic carbocycles. The average Bonchev–Trinajstić information content (AvgIpc) is 2.14. The van der Waals surface area contributed by atoms with Crippen molar-refractivity contribution >= 4 is 5.69 Å². The fourth-order valence-electron chi connectivity index (χ4n) is 1.21. The molecule has 0 fully saturated rings. The summed E-state index contributed by atoms with van der Waals surface area (Å²) in [6.07, 6.45) is 1.12. The minimum Gasteiger partial charge on any atom is -0.385 e. The van der Waals surface area contributed by atoms with Crippen LogP contribution >= 0.6 is 0 Å². The van der Waals surface area contributed by atoms with E-state index in [2.05, 4.69) is 17.2 Å². The van der Waals surface area contributed by atoms with Gasteiger partial charge in [0.25, 0.3) is 0 Å². The summed E-state index contributed by atoms with van der Waals surface area (Å²) < 4.78 is 0. The van der Waals surface area contributed by atoms with Crippen LogP contribution in [0.25, 0.3) is 0 Å². The zero-order valence-electron chi connectivity index (χ0n) is 8.30. The molecular formula is C10H17N3. The maximum absolute atomic E-state index is 5.53. The molecule has 0 unspecified atom stereocenters. The van der Waals surface area contributed by atoms with Gasteiger partial charge in [-0.3, -0.25) is 4.98 Å². The molecule has 3 N–H and O–H groups in total. The highest BCUT2D eigenvalue weighted by Crippen LogP contribution is 2.10. The first-order valence-electron chi connectivity index (χ1n) is 4.67. The first kappa shape index (κ1) is 9.99. The molecule has 0 aliphatic carbocycles. The van der Waals surface area contributed by atoms with E-state index in [1.807, 2.05) is 19.1 Å². The lowest BCUT2D eigenvalue weighted by Gasteiger charge is -2.07. The zero-order chi connectivity index (χ0) is 9.68. The van der Waals surface area contributed by atoms with Crippen molar-refractivity contribution in [1.82, 2.24) is 4.98 Å². The standard InChI is InChI=1S/C10H17N3/c1-3-4-12-9-5-8(2)13-10(6-9)7-11/h5-6H,3-4,7,11H2,1-2H3,(H,12,13). The number of hydrogen-bond acceptors (Lipinski definition) is 3. The van der Waals surface area contributed by atoms with E-state index in [0.717, 1.165) is 30.0 Å². The van der Waals surface area contributed by atoms with Gasteiger partial charge in [0, 0.05) is 24.5 Å². The Morgan fingerprint density at radius 3 is 2.85 bits per heavy atom. The molecule has 13 heavy (non-hydrogen) atoms. The molecule has 0 spiro atoms. The molecule has 1 rings (SSSR count). The number of anilines is 1. The second-order valence-corrected chi connectivity index (χ2v) is 3.12. The van der Waals surface area contributed by atoms with E-state index in [9.17, 15) is 0 Å². The molecule has 0 atom stereocenters. The highest BCUT2D eigenvalue weighted by atomic mass is 14.9. The van der Waals surface area contributed by atoms with E-state index in [0.29, 0.717) is 6.54 Å². The van der Waals surface area contributed by atoms with Crippen molar-refractivity contribution in [2.24, 2.45) is 5.73 Å². The Bertz CT molecular complexity index is 271. The van der Waals surface area contributed by atoms with Gasteiger partial charge in [0.2, 0.25) is 0 Å². The molecule has 0 aliphatic rings. The monoisotopic (exact) mass is 179 g/mol. The summed E-state index contributed by atoms with van der Waals surface area (Å²) >= 11 is 0. The Morgan fingerprint density at radius 2 is 2.23 bits per heavy atom. The Hall–Kier alpha value is -1.09. The summed E-state index contributed by atoms with van der Waals surface area (Å²) in [5, 5.41) is 3.31. The molecule has 1 aromatic heterocycles. The minimum absolute atomic E-state index is 0.502. The van der Waals surface area contributed by atoms with Gasteiger partial charge in [-0.1, -0.05) is 6.92 Å². The SMILES string of the molecule is CCCNc1cc(C)nc(CN)c1. The molecule has 1 heterocycles. The Balaban J connectivity index is 2.76. The third-order valence-corrected chi connectivity index (χ3v) is 1.79. The Labute approximate surface area is 79.4 Å². The number of hydrogen-bond donors (Lipinski definition) is 2. The number of rotatable bonds is 4. The molecule has 3 heteroatoms. The van der Waals surface area contributed by atoms with E-state index in [4.69, 9.17) is 5.73 Å². The highest BCUT2D eigenvalue weighted by Gasteiger charge is 1.97. The van der Waals surface area contributed by atoms with Crippen LogP contribution in [0.4, 0.5) is 5.69 Å². The first-order valence-corrected chi connectivity index (χ1v) is 4.67. The van der Waals surface area contributed by atoms with Crippen molar-refractivity contribution in [3.05, 3.63) is 23.5 Å². The summed E-state index contributed by atoms with van der Waals surface area (Å²) in [7, 11) is 0. The number of nitrogens with two attached hydrogens (primary N) is 1. The molecule has 0 bridgehead atoms. The largest absolute Gasteiger partial charge is 0.385 e. The van der Waals surface area contributed by atoms with Crippen LogP contribution < -0.4 is 11.1 Å². The highest BCUT2D eigenvalue weighted by molar-refractivity contribution is 5.45. The van der Waals surface area contributed by atoms with Gasteiger partial charge in [-0.05, 0) is 25.5 Å². The van der Waals surface area contributed by atoms with Gasteiger partial charge < -0.3 is 11.1 Å². The van der Waals surface area contributed by atoms with Crippen LogP contribution in [0.15, 0.2) is 12.1 Å². The predicted molar refractivity (Wildman–Crippen MR) is 55.6 cm³/mol. The topological polar surface area (TPSA) is 50.9 Å². The average molecular weight is 179 g/mol. The fraction of sp³-hybridized carbons (Fsp3) is 0.500. The van der Waals surface area contributed by atoms with Crippen molar-refractivity contribution in [1.29, 1.82) is 0 Å². The molecule has 3 nitrogen and oxygen atoms in total. The fourth-order valence-corrected chi connectivity index (χ4v) is 1.21. The van der Waals surface area contributed by atoms with E-state index in [1.165, 1.54) is 0 Å². The van der Waals surface area contributed by atoms with Gasteiger partial charge in [-0.2, -0.15) is 0 Å². The summed E-state index contributed by atoms with van der Waals surface area (Å²) in [6.45, 7) is 5.62. The lowest BCUT2D eigenvalue weighted by atomic mass is 10.2. The molecule has 0 saturated heterocycles. The van der Waals surface area contributed by atoms with E-state index >= 15 is 0 Å². The minimum atomic E-state index is 0.502. The lowest BCUT2D eigenvalue weighted by Crippen LogP contribution is -2.05. The zero-order valence-corrected chi connectivity index (χ0v) is 8.30. The molecule has 72 valence electrons. The third-order valence-electron chi connectivity index (χ3n) is 1.79. The van der Waals surface area contributed by atoms with Crippen LogP contribution in [0.5, 0.6) is 0 Å². The van der Waals surface area contributed by atoms with Crippen LogP contribution in [-0.4, -0.2) is 11.5 Å². The van der Waals surface area contributed by atoms with Crippen molar-refractivity contribution in [2.75, 3.05) is 11.9 Å². The number of nitrogens with one attached hydrogen (secondary N) is 1. The van der Waals surface area contributed by atoms with Crippen LogP contribution in [0.2, 0.25) is 0 Å². The summed E-state index contributed by atoms with van der Waals surface area (Å²) in [6, 6.07) is 4.04. The van der Waals surface area contributed by atoms with Crippen molar-refractivity contribution in [3.8, 4) is 0 Å². The summed E-state index contributed by atoms with van der Waals surface area (Å²) in [4.78, 5) is 4.30. The van der Waals surface area contributed by atoms with Gasteiger partial charge in [0.1, 0.15) is 0 Å². The van der Waals surface area contributed by atoms with Crippen molar-refractivity contribution in [3.63, 3.8) is 0 Å². The lowest BCUT2D eigenvalue weighted by molar-refractivity contribution is 0.952. The second kappa shape index (κ2) is 4.82. The molecule has 1 aromatic rings. The Morgan fingerprint density at radius 1 is 1.46 bits per heavy atom. The quantitative estimate of drug-likeness (QED) is 0.739. The molecule has 0 radical (unpaired) electrons. The second-order valence-electron chi connectivity index (χ2n) is 3.12. The van der Waals surface area contributed by atoms with Gasteiger partial charge >= 0.3 is 0 Å². The van der Waals surface area contributed by atoms with Crippen LogP contribution in [0.3, 0.4) is 0 Å². The molecular weight excluding hydrogens is 162 g/mol. The maximum Gasteiger partial charge on any atom is 0.0563 e. The summed E-state index contributed by atoms with van der Waals surface area (Å²) in [5.41, 5.74) is 8.60. The molecule has 0 aliphatic heterocycles. The van der Waals surface area contributed by atoms with Crippen LogP contribution in [0, 0.1) is 6.92 Å². The van der Waals surface area contributed by atoms with Crippen LogP contribution in [-0.2, 0) is 6.54 Å². The normalized spacial score (nSPS) is 10.1. The maximum atomic E-state index is 5.53. The number of pyridine rings is 1. The number of nitrogens with zero attached hydrogens (tertiary/aromatic N) is 1. The number of aromatic nitrogens is 1. The third kappa shape index (κ3) is 3.03. The number of aryl methyl sites for hydroxylation is 1. The van der Waals surface area contributed by atoms with Crippen LogP contribution in [0.1, 0.15) is 24.7 Å². The predicted octanol–water partition coefficient (Wildman–Crippen LogP) is 1.67. The van der Waals surface area contributed by atoms with Crippen molar-refractivity contribution < 1.29 is 0 Å². The Kier molecular flexibility index (Phi) is 3.71. The van der Waals surface area contributed by atoms with Crippen molar-refractivity contribution in [2.45, 2.75) is 26.8 Å². The van der Waals surface area contributed by atoms with Gasteiger partial charge in [0.15, 0.2) is 0 Å². The van der Waals surface area contributed by atoms with E-state index in [1.54, 1.807) is 0 Å². The van der Waals surface area contributed by atoms with Gasteiger partial charge in [-0.25, -0.2) is 0 Å². The van der Waals surface area contributed by atoms with Gasteiger partial charge in [-0.15, -0.1) is 0 Å². The molecule has 0 amide bonds. The van der Waals surface area contributed by atoms with E-state index in [-0.39, 0.29) is 0 Å².